The number of anilines is 1. The number of likely N-dealkylation sites (tertiary alicyclic amines) is 1. The number of rotatable bonds is 6. The molecular weight excluding hydrogens is 310 g/mol. The molecule has 1 aliphatic rings. The summed E-state index contributed by atoms with van der Waals surface area (Å²) in [5, 5.41) is 3.56. The zero-order valence-electron chi connectivity index (χ0n) is 14.9. The van der Waals surface area contributed by atoms with Gasteiger partial charge in [-0.15, -0.1) is 0 Å². The molecule has 0 atom stereocenters. The molecule has 0 spiro atoms. The first kappa shape index (κ1) is 17.5. The Morgan fingerprint density at radius 2 is 1.88 bits per heavy atom. The van der Waals surface area contributed by atoms with Crippen LogP contribution in [0.4, 0.5) is 5.69 Å². The fourth-order valence-electron chi connectivity index (χ4n) is 3.45. The normalized spacial score (nSPS) is 15.9. The van der Waals surface area contributed by atoms with Crippen LogP contribution in [0.15, 0.2) is 48.5 Å². The Bertz CT molecular complexity index is 706. The number of primary amides is 1. The Morgan fingerprint density at radius 1 is 1.16 bits per heavy atom. The van der Waals surface area contributed by atoms with Crippen LogP contribution in [0.2, 0.25) is 0 Å². The van der Waals surface area contributed by atoms with E-state index < -0.39 is 0 Å². The average molecular weight is 337 g/mol. The fourth-order valence-corrected chi connectivity index (χ4v) is 3.45. The molecule has 132 valence electrons. The first-order valence-electron chi connectivity index (χ1n) is 9.05. The molecule has 4 nitrogen and oxygen atoms in total. The maximum atomic E-state index is 11.5. The summed E-state index contributed by atoms with van der Waals surface area (Å²) in [6, 6.07) is 17.0. The number of nitrogens with zero attached hydrogens (tertiary/aromatic N) is 1. The van der Waals surface area contributed by atoms with Crippen molar-refractivity contribution in [2.24, 2.45) is 5.73 Å². The third-order valence-corrected chi connectivity index (χ3v) is 5.02. The van der Waals surface area contributed by atoms with Gasteiger partial charge in [-0.25, -0.2) is 0 Å². The van der Waals surface area contributed by atoms with E-state index in [9.17, 15) is 4.79 Å². The van der Waals surface area contributed by atoms with Crippen molar-refractivity contribution in [3.8, 4) is 0 Å². The smallest absolute Gasteiger partial charge is 0.249 e. The lowest BCUT2D eigenvalue weighted by molar-refractivity contribution is 0.0999. The van der Waals surface area contributed by atoms with Crippen LogP contribution in [-0.2, 0) is 6.42 Å². The molecule has 1 aliphatic heterocycles. The van der Waals surface area contributed by atoms with Gasteiger partial charge in [0.2, 0.25) is 5.91 Å². The van der Waals surface area contributed by atoms with Crippen LogP contribution >= 0.6 is 0 Å². The second-order valence-electron chi connectivity index (χ2n) is 6.89. The van der Waals surface area contributed by atoms with E-state index in [0.29, 0.717) is 11.6 Å². The van der Waals surface area contributed by atoms with Crippen molar-refractivity contribution in [1.29, 1.82) is 0 Å². The highest BCUT2D eigenvalue weighted by Crippen LogP contribution is 2.20. The molecule has 1 heterocycles. The van der Waals surface area contributed by atoms with E-state index in [-0.39, 0.29) is 5.91 Å². The summed E-state index contributed by atoms with van der Waals surface area (Å²) < 4.78 is 0. The van der Waals surface area contributed by atoms with Gasteiger partial charge >= 0.3 is 0 Å². The molecule has 0 bridgehead atoms. The number of carbonyl (C=O) groups excluding carboxylic acids is 1. The van der Waals surface area contributed by atoms with Crippen molar-refractivity contribution in [2.75, 3.05) is 25.0 Å². The van der Waals surface area contributed by atoms with E-state index >= 15 is 0 Å². The number of benzene rings is 2. The van der Waals surface area contributed by atoms with Gasteiger partial charge in [-0.1, -0.05) is 36.4 Å². The summed E-state index contributed by atoms with van der Waals surface area (Å²) in [7, 11) is 0. The highest BCUT2D eigenvalue weighted by Gasteiger charge is 2.19. The van der Waals surface area contributed by atoms with Gasteiger partial charge in [-0.2, -0.15) is 0 Å². The largest absolute Gasteiger partial charge is 0.382 e. The predicted molar refractivity (Wildman–Crippen MR) is 103 cm³/mol. The summed E-state index contributed by atoms with van der Waals surface area (Å²) in [5.41, 5.74) is 9.36. The highest BCUT2D eigenvalue weighted by atomic mass is 16.1. The van der Waals surface area contributed by atoms with Crippen molar-refractivity contribution < 1.29 is 4.79 Å². The molecule has 2 aromatic carbocycles. The monoisotopic (exact) mass is 337 g/mol. The van der Waals surface area contributed by atoms with Crippen LogP contribution in [0, 0.1) is 6.92 Å². The molecular formula is C21H27N3O. The van der Waals surface area contributed by atoms with Gasteiger partial charge < -0.3 is 16.0 Å². The third kappa shape index (κ3) is 4.83. The average Bonchev–Trinajstić information content (AvgIpc) is 2.63. The molecule has 25 heavy (non-hydrogen) atoms. The van der Waals surface area contributed by atoms with E-state index in [4.69, 9.17) is 5.73 Å². The number of amides is 1. The van der Waals surface area contributed by atoms with Gasteiger partial charge in [0.1, 0.15) is 0 Å². The Labute approximate surface area is 150 Å². The molecule has 0 radical (unpaired) electrons. The molecule has 0 aromatic heterocycles. The third-order valence-electron chi connectivity index (χ3n) is 5.02. The molecule has 3 N–H and O–H groups in total. The molecule has 2 aromatic rings. The number of nitrogens with one attached hydrogen (secondary N) is 1. The van der Waals surface area contributed by atoms with Crippen LogP contribution in [-0.4, -0.2) is 36.5 Å². The van der Waals surface area contributed by atoms with Crippen LogP contribution in [0.3, 0.4) is 0 Å². The Morgan fingerprint density at radius 3 is 2.56 bits per heavy atom. The minimum atomic E-state index is -0.364. The minimum absolute atomic E-state index is 0.364. The summed E-state index contributed by atoms with van der Waals surface area (Å²) in [6.07, 6.45) is 3.35. The number of piperidine rings is 1. The molecule has 1 amide bonds. The van der Waals surface area contributed by atoms with E-state index in [1.807, 2.05) is 25.1 Å². The number of aryl methyl sites for hydroxylation is 1. The van der Waals surface area contributed by atoms with E-state index in [1.165, 1.54) is 5.56 Å². The number of carbonyl (C=O) groups is 1. The number of hydrogen-bond donors (Lipinski definition) is 2. The Balaban J connectivity index is 1.48. The van der Waals surface area contributed by atoms with Gasteiger partial charge in [0.15, 0.2) is 0 Å². The standard InChI is InChI=1S/C21H27N3O/c1-16-7-8-19(15-20(16)21(22)25)23-18-10-13-24(14-11-18)12-9-17-5-3-2-4-6-17/h2-8,15,18,23H,9-14H2,1H3,(H2,22,25). The van der Waals surface area contributed by atoms with Gasteiger partial charge in [-0.3, -0.25) is 4.79 Å². The van der Waals surface area contributed by atoms with E-state index in [0.717, 1.165) is 50.1 Å². The van der Waals surface area contributed by atoms with Crippen molar-refractivity contribution in [3.63, 3.8) is 0 Å². The topological polar surface area (TPSA) is 58.4 Å². The quantitative estimate of drug-likeness (QED) is 0.851. The molecule has 0 saturated carbocycles. The predicted octanol–water partition coefficient (Wildman–Crippen LogP) is 3.21. The highest BCUT2D eigenvalue weighted by molar-refractivity contribution is 5.95. The first-order chi connectivity index (χ1) is 12.1. The first-order valence-corrected chi connectivity index (χ1v) is 9.05. The van der Waals surface area contributed by atoms with Crippen molar-refractivity contribution >= 4 is 11.6 Å². The van der Waals surface area contributed by atoms with Gasteiger partial charge in [0, 0.05) is 36.9 Å². The lowest BCUT2D eigenvalue weighted by atomic mass is 10.0. The zero-order valence-corrected chi connectivity index (χ0v) is 14.9. The SMILES string of the molecule is Cc1ccc(NC2CCN(CCc3ccccc3)CC2)cc1C(N)=O. The lowest BCUT2D eigenvalue weighted by Gasteiger charge is -2.33. The Hall–Kier alpha value is -2.33. The maximum absolute atomic E-state index is 11.5. The minimum Gasteiger partial charge on any atom is -0.382 e. The summed E-state index contributed by atoms with van der Waals surface area (Å²) >= 11 is 0. The van der Waals surface area contributed by atoms with Crippen LogP contribution in [0.25, 0.3) is 0 Å². The summed E-state index contributed by atoms with van der Waals surface area (Å²) in [5.74, 6) is -0.364. The Kier molecular flexibility index (Phi) is 5.71. The summed E-state index contributed by atoms with van der Waals surface area (Å²) in [6.45, 7) is 5.25. The number of nitrogens with two attached hydrogens (primary N) is 1. The van der Waals surface area contributed by atoms with Gasteiger partial charge in [0.05, 0.1) is 0 Å². The molecule has 4 heteroatoms. The fraction of sp³-hybridized carbons (Fsp3) is 0.381. The second kappa shape index (κ2) is 8.17. The molecule has 0 aliphatic carbocycles. The van der Waals surface area contributed by atoms with E-state index in [1.54, 1.807) is 0 Å². The van der Waals surface area contributed by atoms with Crippen molar-refractivity contribution in [2.45, 2.75) is 32.2 Å². The maximum Gasteiger partial charge on any atom is 0.249 e. The second-order valence-corrected chi connectivity index (χ2v) is 6.89. The summed E-state index contributed by atoms with van der Waals surface area (Å²) in [4.78, 5) is 14.0. The van der Waals surface area contributed by atoms with Gasteiger partial charge in [-0.05, 0) is 49.4 Å². The zero-order chi connectivity index (χ0) is 17.6. The molecule has 3 rings (SSSR count). The molecule has 1 saturated heterocycles. The van der Waals surface area contributed by atoms with Crippen LogP contribution in [0.1, 0.15) is 34.3 Å². The van der Waals surface area contributed by atoms with Crippen molar-refractivity contribution in [3.05, 3.63) is 65.2 Å². The van der Waals surface area contributed by atoms with Crippen molar-refractivity contribution in [1.82, 2.24) is 4.90 Å². The van der Waals surface area contributed by atoms with Crippen LogP contribution in [0.5, 0.6) is 0 Å². The van der Waals surface area contributed by atoms with Crippen LogP contribution < -0.4 is 11.1 Å². The lowest BCUT2D eigenvalue weighted by Crippen LogP contribution is -2.40. The molecule has 0 unspecified atom stereocenters. The molecule has 1 fully saturated rings. The van der Waals surface area contributed by atoms with Gasteiger partial charge in [0.25, 0.3) is 0 Å². The van der Waals surface area contributed by atoms with E-state index in [2.05, 4.69) is 40.5 Å². The number of hydrogen-bond acceptors (Lipinski definition) is 3.